The van der Waals surface area contributed by atoms with Crippen molar-refractivity contribution in [3.63, 3.8) is 0 Å². The molecule has 1 atom stereocenters. The van der Waals surface area contributed by atoms with Crippen LogP contribution in [0.1, 0.15) is 12.5 Å². The van der Waals surface area contributed by atoms with E-state index in [1.54, 1.807) is 19.1 Å². The summed E-state index contributed by atoms with van der Waals surface area (Å²) in [5.74, 6) is -0.887. The first kappa shape index (κ1) is 10.9. The maximum absolute atomic E-state index is 10.6. The van der Waals surface area contributed by atoms with Gasteiger partial charge >= 0.3 is 5.97 Å². The summed E-state index contributed by atoms with van der Waals surface area (Å²) in [5, 5.41) is 12.1. The molecule has 0 spiro atoms. The summed E-state index contributed by atoms with van der Waals surface area (Å²) in [6.07, 6.45) is 0. The highest BCUT2D eigenvalue weighted by atomic mass is 35.5. The molecule has 1 rings (SSSR count). The minimum Gasteiger partial charge on any atom is -0.480 e. The van der Waals surface area contributed by atoms with Gasteiger partial charge < -0.3 is 10.4 Å². The highest BCUT2D eigenvalue weighted by molar-refractivity contribution is 6.31. The van der Waals surface area contributed by atoms with E-state index in [2.05, 4.69) is 5.32 Å². The van der Waals surface area contributed by atoms with E-state index in [0.29, 0.717) is 5.02 Å². The van der Waals surface area contributed by atoms with Gasteiger partial charge in [0, 0.05) is 10.7 Å². The first-order valence-electron chi connectivity index (χ1n) is 4.26. The molecule has 0 saturated heterocycles. The number of halogens is 1. The Morgan fingerprint density at radius 1 is 1.57 bits per heavy atom. The Kier molecular flexibility index (Phi) is 3.36. The van der Waals surface area contributed by atoms with Crippen LogP contribution >= 0.6 is 11.6 Å². The van der Waals surface area contributed by atoms with Crippen molar-refractivity contribution in [1.82, 2.24) is 0 Å². The fourth-order valence-electron chi connectivity index (χ4n) is 0.994. The fourth-order valence-corrected chi connectivity index (χ4v) is 1.17. The lowest BCUT2D eigenvalue weighted by molar-refractivity contribution is -0.137. The average molecular weight is 214 g/mol. The minimum absolute atomic E-state index is 0.617. The van der Waals surface area contributed by atoms with E-state index in [9.17, 15) is 4.79 Å². The summed E-state index contributed by atoms with van der Waals surface area (Å²) in [6.45, 7) is 3.48. The van der Waals surface area contributed by atoms with Gasteiger partial charge in [-0.2, -0.15) is 0 Å². The number of rotatable bonds is 3. The van der Waals surface area contributed by atoms with Crippen molar-refractivity contribution in [3.05, 3.63) is 28.8 Å². The van der Waals surface area contributed by atoms with Gasteiger partial charge in [-0.3, -0.25) is 4.79 Å². The van der Waals surface area contributed by atoms with E-state index in [1.807, 2.05) is 13.0 Å². The molecular formula is C10H12ClNO2. The van der Waals surface area contributed by atoms with Crippen LogP contribution in [0, 0.1) is 6.92 Å². The molecule has 2 N–H and O–H groups in total. The Bertz CT molecular complexity index is 352. The van der Waals surface area contributed by atoms with E-state index in [-0.39, 0.29) is 0 Å². The molecule has 0 fully saturated rings. The summed E-state index contributed by atoms with van der Waals surface area (Å²) in [6, 6.07) is 4.75. The summed E-state index contributed by atoms with van der Waals surface area (Å²) in [4.78, 5) is 10.6. The van der Waals surface area contributed by atoms with Crippen molar-refractivity contribution in [1.29, 1.82) is 0 Å². The van der Waals surface area contributed by atoms with Crippen LogP contribution in [-0.4, -0.2) is 17.1 Å². The first-order valence-corrected chi connectivity index (χ1v) is 4.64. The van der Waals surface area contributed by atoms with Gasteiger partial charge in [0.25, 0.3) is 0 Å². The van der Waals surface area contributed by atoms with Gasteiger partial charge in [0.15, 0.2) is 0 Å². The molecule has 0 aliphatic carbocycles. The van der Waals surface area contributed by atoms with Crippen molar-refractivity contribution in [2.45, 2.75) is 19.9 Å². The molecule has 0 radical (unpaired) electrons. The number of carbonyl (C=O) groups is 1. The van der Waals surface area contributed by atoms with Crippen molar-refractivity contribution in [2.75, 3.05) is 5.32 Å². The van der Waals surface area contributed by atoms with Gasteiger partial charge in [0.05, 0.1) is 0 Å². The molecule has 1 aromatic rings. The second-order valence-corrected chi connectivity index (χ2v) is 3.58. The predicted molar refractivity (Wildman–Crippen MR) is 56.9 cm³/mol. The molecule has 0 heterocycles. The SMILES string of the molecule is Cc1ccc(N[C@@H](C)C(=O)O)cc1Cl. The third-order valence-electron chi connectivity index (χ3n) is 1.93. The normalized spacial score (nSPS) is 12.2. The van der Waals surface area contributed by atoms with E-state index < -0.39 is 12.0 Å². The monoisotopic (exact) mass is 213 g/mol. The molecule has 0 aliphatic heterocycles. The van der Waals surface area contributed by atoms with Crippen molar-refractivity contribution < 1.29 is 9.90 Å². The van der Waals surface area contributed by atoms with Crippen LogP contribution in [0.4, 0.5) is 5.69 Å². The lowest BCUT2D eigenvalue weighted by Crippen LogP contribution is -2.25. The number of aliphatic carboxylic acids is 1. The zero-order chi connectivity index (χ0) is 10.7. The molecule has 0 bridgehead atoms. The molecular weight excluding hydrogens is 202 g/mol. The number of carboxylic acid groups (broad SMARTS) is 1. The van der Waals surface area contributed by atoms with E-state index in [4.69, 9.17) is 16.7 Å². The minimum atomic E-state index is -0.887. The predicted octanol–water partition coefficient (Wildman–Crippen LogP) is 2.53. The average Bonchev–Trinajstić information content (AvgIpc) is 2.11. The van der Waals surface area contributed by atoms with Gasteiger partial charge in [0.2, 0.25) is 0 Å². The van der Waals surface area contributed by atoms with Gasteiger partial charge in [-0.1, -0.05) is 17.7 Å². The molecule has 3 nitrogen and oxygen atoms in total. The fraction of sp³-hybridized carbons (Fsp3) is 0.300. The number of aryl methyl sites for hydroxylation is 1. The maximum Gasteiger partial charge on any atom is 0.325 e. The molecule has 0 unspecified atom stereocenters. The molecule has 1 aromatic carbocycles. The van der Waals surface area contributed by atoms with Crippen LogP contribution in [0.5, 0.6) is 0 Å². The Morgan fingerprint density at radius 3 is 2.71 bits per heavy atom. The van der Waals surface area contributed by atoms with Gasteiger partial charge in [-0.15, -0.1) is 0 Å². The number of nitrogens with one attached hydrogen (secondary N) is 1. The number of carboxylic acids is 1. The van der Waals surface area contributed by atoms with Gasteiger partial charge in [0.1, 0.15) is 6.04 Å². The largest absolute Gasteiger partial charge is 0.480 e. The van der Waals surface area contributed by atoms with Crippen LogP contribution in [0.3, 0.4) is 0 Å². The molecule has 76 valence electrons. The van der Waals surface area contributed by atoms with Gasteiger partial charge in [-0.05, 0) is 31.5 Å². The number of benzene rings is 1. The molecule has 0 aliphatic rings. The lowest BCUT2D eigenvalue weighted by Gasteiger charge is -2.11. The molecule has 0 saturated carbocycles. The van der Waals surface area contributed by atoms with Crippen LogP contribution in [0.25, 0.3) is 0 Å². The van der Waals surface area contributed by atoms with Crippen LogP contribution < -0.4 is 5.32 Å². The zero-order valence-corrected chi connectivity index (χ0v) is 8.80. The number of hydrogen-bond donors (Lipinski definition) is 2. The van der Waals surface area contributed by atoms with Crippen LogP contribution in [0.15, 0.2) is 18.2 Å². The lowest BCUT2D eigenvalue weighted by atomic mass is 10.2. The van der Waals surface area contributed by atoms with Crippen molar-refractivity contribution >= 4 is 23.3 Å². The molecule has 0 aromatic heterocycles. The Hall–Kier alpha value is -1.22. The Morgan fingerprint density at radius 2 is 2.21 bits per heavy atom. The highest BCUT2D eigenvalue weighted by Crippen LogP contribution is 2.20. The third kappa shape index (κ3) is 2.64. The van der Waals surface area contributed by atoms with E-state index in [1.165, 1.54) is 0 Å². The quantitative estimate of drug-likeness (QED) is 0.811. The third-order valence-corrected chi connectivity index (χ3v) is 2.33. The number of hydrogen-bond acceptors (Lipinski definition) is 2. The smallest absolute Gasteiger partial charge is 0.325 e. The summed E-state index contributed by atoms with van der Waals surface area (Å²) in [7, 11) is 0. The second kappa shape index (κ2) is 4.33. The standard InChI is InChI=1S/C10H12ClNO2/c1-6-3-4-8(5-9(6)11)12-7(2)10(13)14/h3-5,7,12H,1-2H3,(H,13,14)/t7-/m0/s1. The molecule has 0 amide bonds. The Labute approximate surface area is 87.7 Å². The maximum atomic E-state index is 10.6. The van der Waals surface area contributed by atoms with Crippen LogP contribution in [-0.2, 0) is 4.79 Å². The van der Waals surface area contributed by atoms with Gasteiger partial charge in [-0.25, -0.2) is 0 Å². The van der Waals surface area contributed by atoms with Crippen molar-refractivity contribution in [3.8, 4) is 0 Å². The van der Waals surface area contributed by atoms with E-state index >= 15 is 0 Å². The number of anilines is 1. The van der Waals surface area contributed by atoms with Crippen LogP contribution in [0.2, 0.25) is 5.02 Å². The molecule has 4 heteroatoms. The van der Waals surface area contributed by atoms with Crippen molar-refractivity contribution in [2.24, 2.45) is 0 Å². The summed E-state index contributed by atoms with van der Waals surface area (Å²) < 4.78 is 0. The first-order chi connectivity index (χ1) is 6.50. The second-order valence-electron chi connectivity index (χ2n) is 3.17. The zero-order valence-electron chi connectivity index (χ0n) is 8.04. The van der Waals surface area contributed by atoms with E-state index in [0.717, 1.165) is 11.3 Å². The topological polar surface area (TPSA) is 49.3 Å². The molecule has 14 heavy (non-hydrogen) atoms. The summed E-state index contributed by atoms with van der Waals surface area (Å²) in [5.41, 5.74) is 1.69. The Balaban J connectivity index is 2.78. The summed E-state index contributed by atoms with van der Waals surface area (Å²) >= 11 is 5.89. The highest BCUT2D eigenvalue weighted by Gasteiger charge is 2.10.